The largest absolute Gasteiger partial charge is 0.370 e. The summed E-state index contributed by atoms with van der Waals surface area (Å²) in [4.78, 5) is 2.32. The van der Waals surface area contributed by atoms with Crippen LogP contribution in [0.5, 0.6) is 0 Å². The standard InChI is InChI=1S/C8H16N2/c1-3-4-6-10-7-5-9-8(10)2/h5,7-9H,3-4,6H2,1-2H3. The van der Waals surface area contributed by atoms with Gasteiger partial charge in [0.05, 0.1) is 6.17 Å². The highest BCUT2D eigenvalue weighted by Gasteiger charge is 2.10. The molecule has 0 bridgehead atoms. The molecule has 0 radical (unpaired) electrons. The molecule has 1 aliphatic rings. The van der Waals surface area contributed by atoms with Gasteiger partial charge in [0.1, 0.15) is 0 Å². The van der Waals surface area contributed by atoms with Crippen molar-refractivity contribution in [3.8, 4) is 0 Å². The summed E-state index contributed by atoms with van der Waals surface area (Å²) in [5, 5.41) is 3.22. The third kappa shape index (κ3) is 1.66. The van der Waals surface area contributed by atoms with Gasteiger partial charge >= 0.3 is 0 Å². The maximum Gasteiger partial charge on any atom is 0.0952 e. The Hall–Kier alpha value is -0.660. The molecule has 1 aliphatic heterocycles. The molecule has 0 aromatic rings. The molecular formula is C8H16N2. The Labute approximate surface area is 62.9 Å². The maximum absolute atomic E-state index is 3.22. The second-order valence-corrected chi connectivity index (χ2v) is 2.75. The molecule has 1 heterocycles. The molecule has 2 nitrogen and oxygen atoms in total. The Morgan fingerprint density at radius 3 is 2.90 bits per heavy atom. The molecule has 58 valence electrons. The van der Waals surface area contributed by atoms with Crippen molar-refractivity contribution in [2.45, 2.75) is 32.9 Å². The summed E-state index contributed by atoms with van der Waals surface area (Å²) < 4.78 is 0. The number of nitrogens with one attached hydrogen (secondary N) is 1. The van der Waals surface area contributed by atoms with Gasteiger partial charge in [0, 0.05) is 18.9 Å². The number of hydrogen-bond acceptors (Lipinski definition) is 2. The third-order valence-corrected chi connectivity index (χ3v) is 1.87. The molecule has 1 unspecified atom stereocenters. The number of rotatable bonds is 3. The van der Waals surface area contributed by atoms with Crippen LogP contribution in [0.25, 0.3) is 0 Å². The van der Waals surface area contributed by atoms with Crippen molar-refractivity contribution in [2.24, 2.45) is 0 Å². The minimum absolute atomic E-state index is 0.506. The highest BCUT2D eigenvalue weighted by molar-refractivity contribution is 4.91. The molecule has 0 amide bonds. The summed E-state index contributed by atoms with van der Waals surface area (Å²) in [5.41, 5.74) is 0. The monoisotopic (exact) mass is 140 g/mol. The lowest BCUT2D eigenvalue weighted by Gasteiger charge is -2.21. The van der Waals surface area contributed by atoms with Crippen molar-refractivity contribution in [3.63, 3.8) is 0 Å². The first-order valence-corrected chi connectivity index (χ1v) is 4.03. The van der Waals surface area contributed by atoms with Gasteiger partial charge in [-0.25, -0.2) is 0 Å². The number of nitrogens with zero attached hydrogens (tertiary/aromatic N) is 1. The van der Waals surface area contributed by atoms with Crippen LogP contribution >= 0.6 is 0 Å². The van der Waals surface area contributed by atoms with Gasteiger partial charge in [-0.05, 0) is 13.3 Å². The first-order valence-electron chi connectivity index (χ1n) is 4.03. The number of unbranched alkanes of at least 4 members (excludes halogenated alkanes) is 1. The van der Waals surface area contributed by atoms with Crippen molar-refractivity contribution in [2.75, 3.05) is 6.54 Å². The van der Waals surface area contributed by atoms with Gasteiger partial charge < -0.3 is 10.2 Å². The van der Waals surface area contributed by atoms with Crippen LogP contribution in [0, 0.1) is 0 Å². The van der Waals surface area contributed by atoms with Crippen LogP contribution in [0.15, 0.2) is 12.4 Å². The van der Waals surface area contributed by atoms with Crippen LogP contribution < -0.4 is 5.32 Å². The lowest BCUT2D eigenvalue weighted by Crippen LogP contribution is -2.32. The molecule has 1 rings (SSSR count). The summed E-state index contributed by atoms with van der Waals surface area (Å²) in [6.07, 6.45) is 7.21. The van der Waals surface area contributed by atoms with Gasteiger partial charge in [0.2, 0.25) is 0 Å². The quantitative estimate of drug-likeness (QED) is 0.639. The summed E-state index contributed by atoms with van der Waals surface area (Å²) in [6, 6.07) is 0. The van der Waals surface area contributed by atoms with Crippen LogP contribution in [0.4, 0.5) is 0 Å². The van der Waals surface area contributed by atoms with Gasteiger partial charge in [-0.3, -0.25) is 0 Å². The van der Waals surface area contributed by atoms with Crippen LogP contribution in [0.3, 0.4) is 0 Å². The summed E-state index contributed by atoms with van der Waals surface area (Å²) in [5.74, 6) is 0. The highest BCUT2D eigenvalue weighted by Crippen LogP contribution is 2.04. The molecule has 1 N–H and O–H groups in total. The average molecular weight is 140 g/mol. The van der Waals surface area contributed by atoms with E-state index in [0.717, 1.165) is 0 Å². The smallest absolute Gasteiger partial charge is 0.0952 e. The predicted molar refractivity (Wildman–Crippen MR) is 43.4 cm³/mol. The zero-order chi connectivity index (χ0) is 7.40. The summed E-state index contributed by atoms with van der Waals surface area (Å²) >= 11 is 0. The van der Waals surface area contributed by atoms with E-state index in [0.29, 0.717) is 6.17 Å². The van der Waals surface area contributed by atoms with Crippen LogP contribution in [-0.4, -0.2) is 17.6 Å². The van der Waals surface area contributed by atoms with Crippen LogP contribution in [0.1, 0.15) is 26.7 Å². The predicted octanol–water partition coefficient (Wildman–Crippen LogP) is 1.51. The van der Waals surface area contributed by atoms with Crippen molar-refractivity contribution < 1.29 is 0 Å². The second-order valence-electron chi connectivity index (χ2n) is 2.75. The molecule has 0 aliphatic carbocycles. The Kier molecular flexibility index (Phi) is 2.60. The maximum atomic E-state index is 3.22. The lowest BCUT2D eigenvalue weighted by molar-refractivity contribution is 0.293. The molecule has 0 saturated heterocycles. The van der Waals surface area contributed by atoms with Crippen LogP contribution in [0.2, 0.25) is 0 Å². The Morgan fingerprint density at radius 2 is 2.40 bits per heavy atom. The van der Waals surface area contributed by atoms with Crippen molar-refractivity contribution in [3.05, 3.63) is 12.4 Å². The van der Waals surface area contributed by atoms with E-state index in [1.165, 1.54) is 19.4 Å². The Bertz CT molecular complexity index is 120. The van der Waals surface area contributed by atoms with E-state index in [9.17, 15) is 0 Å². The van der Waals surface area contributed by atoms with Crippen molar-refractivity contribution in [1.82, 2.24) is 10.2 Å². The number of hydrogen-bond donors (Lipinski definition) is 1. The van der Waals surface area contributed by atoms with Gasteiger partial charge in [0.25, 0.3) is 0 Å². The third-order valence-electron chi connectivity index (χ3n) is 1.87. The molecule has 0 aromatic heterocycles. The van der Waals surface area contributed by atoms with E-state index < -0.39 is 0 Å². The fourth-order valence-corrected chi connectivity index (χ4v) is 1.11. The first-order chi connectivity index (χ1) is 4.84. The summed E-state index contributed by atoms with van der Waals surface area (Å²) in [7, 11) is 0. The Balaban J connectivity index is 2.20. The van der Waals surface area contributed by atoms with E-state index >= 15 is 0 Å². The topological polar surface area (TPSA) is 15.3 Å². The normalized spacial score (nSPS) is 23.4. The van der Waals surface area contributed by atoms with Gasteiger partial charge in [-0.1, -0.05) is 13.3 Å². The summed E-state index contributed by atoms with van der Waals surface area (Å²) in [6.45, 7) is 5.58. The zero-order valence-electron chi connectivity index (χ0n) is 6.80. The van der Waals surface area contributed by atoms with Crippen molar-refractivity contribution in [1.29, 1.82) is 0 Å². The fourth-order valence-electron chi connectivity index (χ4n) is 1.11. The van der Waals surface area contributed by atoms with Gasteiger partial charge in [-0.2, -0.15) is 0 Å². The van der Waals surface area contributed by atoms with E-state index in [1.807, 2.05) is 6.20 Å². The first kappa shape index (κ1) is 7.45. The molecule has 0 fully saturated rings. The molecular weight excluding hydrogens is 124 g/mol. The van der Waals surface area contributed by atoms with Gasteiger partial charge in [-0.15, -0.1) is 0 Å². The van der Waals surface area contributed by atoms with Gasteiger partial charge in [0.15, 0.2) is 0 Å². The van der Waals surface area contributed by atoms with Crippen molar-refractivity contribution >= 4 is 0 Å². The Morgan fingerprint density at radius 1 is 1.60 bits per heavy atom. The fraction of sp³-hybridized carbons (Fsp3) is 0.750. The molecule has 0 aromatic carbocycles. The highest BCUT2D eigenvalue weighted by atomic mass is 15.3. The molecule has 1 atom stereocenters. The SMILES string of the molecule is CCCCN1C=CNC1C. The lowest BCUT2D eigenvalue weighted by atomic mass is 10.3. The second kappa shape index (κ2) is 3.49. The molecule has 10 heavy (non-hydrogen) atoms. The average Bonchev–Trinajstić information content (AvgIpc) is 2.31. The van der Waals surface area contributed by atoms with Crippen LogP contribution in [-0.2, 0) is 0 Å². The molecule has 0 saturated carbocycles. The van der Waals surface area contributed by atoms with E-state index in [-0.39, 0.29) is 0 Å². The zero-order valence-corrected chi connectivity index (χ0v) is 6.80. The minimum atomic E-state index is 0.506. The molecule has 0 spiro atoms. The molecule has 2 heteroatoms. The van der Waals surface area contributed by atoms with E-state index in [4.69, 9.17) is 0 Å². The van der Waals surface area contributed by atoms with E-state index in [1.54, 1.807) is 0 Å². The van der Waals surface area contributed by atoms with E-state index in [2.05, 4.69) is 30.3 Å². The minimum Gasteiger partial charge on any atom is -0.370 e.